The summed E-state index contributed by atoms with van der Waals surface area (Å²) < 4.78 is 10.8. The second-order valence-corrected chi connectivity index (χ2v) is 4.80. The summed E-state index contributed by atoms with van der Waals surface area (Å²) in [6.07, 6.45) is 0. The average Bonchev–Trinajstić information content (AvgIpc) is 2.53. The van der Waals surface area contributed by atoms with Crippen LogP contribution < -0.4 is 9.47 Å². The van der Waals surface area contributed by atoms with Crippen LogP contribution in [0.3, 0.4) is 0 Å². The number of hydrogen-bond donors (Lipinski definition) is 1. The molecule has 0 unspecified atom stereocenters. The summed E-state index contributed by atoms with van der Waals surface area (Å²) >= 11 is 0. The fourth-order valence-corrected chi connectivity index (χ4v) is 2.21. The Balaban J connectivity index is 1.79. The van der Waals surface area contributed by atoms with Gasteiger partial charge in [0.25, 0.3) is 0 Å². The Hall–Kier alpha value is -2.68. The zero-order valence-electron chi connectivity index (χ0n) is 11.7. The lowest BCUT2D eigenvalue weighted by Gasteiger charge is -2.10. The van der Waals surface area contributed by atoms with Crippen LogP contribution in [0, 0.1) is 0 Å². The molecule has 3 heteroatoms. The van der Waals surface area contributed by atoms with Crippen LogP contribution in [0.25, 0.3) is 10.8 Å². The molecule has 21 heavy (non-hydrogen) atoms. The number of fused-ring (bicyclic) bond motifs is 1. The summed E-state index contributed by atoms with van der Waals surface area (Å²) in [6, 6.07) is 19.1. The van der Waals surface area contributed by atoms with E-state index in [1.54, 1.807) is 13.2 Å². The van der Waals surface area contributed by atoms with E-state index in [-0.39, 0.29) is 5.75 Å². The minimum Gasteiger partial charge on any atom is -0.504 e. The number of aromatic hydroxyl groups is 1. The van der Waals surface area contributed by atoms with Crippen molar-refractivity contribution in [3.63, 3.8) is 0 Å². The SMILES string of the molecule is COc1ccc(COc2cc3ccccc3cc2O)cc1. The lowest BCUT2D eigenvalue weighted by Crippen LogP contribution is -1.96. The van der Waals surface area contributed by atoms with Crippen LogP contribution in [0.15, 0.2) is 60.7 Å². The molecule has 3 aromatic rings. The molecule has 0 fully saturated rings. The maximum Gasteiger partial charge on any atom is 0.162 e. The van der Waals surface area contributed by atoms with Crippen molar-refractivity contribution in [1.82, 2.24) is 0 Å². The number of phenols is 1. The van der Waals surface area contributed by atoms with E-state index in [2.05, 4.69) is 0 Å². The smallest absolute Gasteiger partial charge is 0.162 e. The van der Waals surface area contributed by atoms with Crippen molar-refractivity contribution in [2.24, 2.45) is 0 Å². The molecule has 0 atom stereocenters. The van der Waals surface area contributed by atoms with Gasteiger partial charge in [-0.25, -0.2) is 0 Å². The van der Waals surface area contributed by atoms with Gasteiger partial charge in [0, 0.05) is 0 Å². The second-order valence-electron chi connectivity index (χ2n) is 4.80. The summed E-state index contributed by atoms with van der Waals surface area (Å²) in [4.78, 5) is 0. The second kappa shape index (κ2) is 5.75. The van der Waals surface area contributed by atoms with Gasteiger partial charge in [-0.1, -0.05) is 36.4 Å². The Morgan fingerprint density at radius 3 is 2.24 bits per heavy atom. The minimum absolute atomic E-state index is 0.155. The van der Waals surface area contributed by atoms with Gasteiger partial charge >= 0.3 is 0 Å². The molecule has 0 aliphatic rings. The zero-order valence-corrected chi connectivity index (χ0v) is 11.7. The van der Waals surface area contributed by atoms with Gasteiger partial charge < -0.3 is 14.6 Å². The van der Waals surface area contributed by atoms with Crippen LogP contribution in [0.1, 0.15) is 5.56 Å². The molecule has 0 spiro atoms. The largest absolute Gasteiger partial charge is 0.504 e. The van der Waals surface area contributed by atoms with Crippen molar-refractivity contribution in [1.29, 1.82) is 0 Å². The van der Waals surface area contributed by atoms with E-state index in [1.807, 2.05) is 54.6 Å². The third-order valence-corrected chi connectivity index (χ3v) is 3.38. The van der Waals surface area contributed by atoms with Crippen molar-refractivity contribution in [2.45, 2.75) is 6.61 Å². The van der Waals surface area contributed by atoms with Crippen LogP contribution in [0.4, 0.5) is 0 Å². The molecule has 0 aromatic heterocycles. The number of rotatable bonds is 4. The number of methoxy groups -OCH3 is 1. The number of phenolic OH excluding ortho intramolecular Hbond substituents is 1. The molecule has 0 aliphatic heterocycles. The molecule has 3 rings (SSSR count). The van der Waals surface area contributed by atoms with E-state index in [0.29, 0.717) is 12.4 Å². The third-order valence-electron chi connectivity index (χ3n) is 3.38. The highest BCUT2D eigenvalue weighted by atomic mass is 16.5. The topological polar surface area (TPSA) is 38.7 Å². The predicted octanol–water partition coefficient (Wildman–Crippen LogP) is 4.13. The molecule has 0 radical (unpaired) electrons. The monoisotopic (exact) mass is 280 g/mol. The minimum atomic E-state index is 0.155. The van der Waals surface area contributed by atoms with Crippen LogP contribution >= 0.6 is 0 Å². The standard InChI is InChI=1S/C18H16O3/c1-20-16-8-6-13(7-9-16)12-21-18-11-15-5-3-2-4-14(15)10-17(18)19/h2-11,19H,12H2,1H3. The Labute approximate surface area is 123 Å². The Bertz CT molecular complexity index is 748. The third kappa shape index (κ3) is 2.92. The Morgan fingerprint density at radius 2 is 1.57 bits per heavy atom. The number of ether oxygens (including phenoxy) is 2. The van der Waals surface area contributed by atoms with Crippen molar-refractivity contribution >= 4 is 10.8 Å². The average molecular weight is 280 g/mol. The van der Waals surface area contributed by atoms with E-state index in [9.17, 15) is 5.11 Å². The maximum atomic E-state index is 10.0. The summed E-state index contributed by atoms with van der Waals surface area (Å²) in [5.74, 6) is 1.46. The van der Waals surface area contributed by atoms with Crippen LogP contribution in [-0.2, 0) is 6.61 Å². The summed E-state index contributed by atoms with van der Waals surface area (Å²) in [6.45, 7) is 0.399. The molecule has 1 N–H and O–H groups in total. The van der Waals surface area contributed by atoms with Gasteiger partial charge in [0.2, 0.25) is 0 Å². The first-order valence-corrected chi connectivity index (χ1v) is 6.74. The van der Waals surface area contributed by atoms with Gasteiger partial charge in [0.1, 0.15) is 12.4 Å². The predicted molar refractivity (Wildman–Crippen MR) is 82.9 cm³/mol. The van der Waals surface area contributed by atoms with Gasteiger partial charge in [-0.15, -0.1) is 0 Å². The van der Waals surface area contributed by atoms with Crippen LogP contribution in [0.5, 0.6) is 17.2 Å². The number of hydrogen-bond acceptors (Lipinski definition) is 3. The zero-order chi connectivity index (χ0) is 14.7. The van der Waals surface area contributed by atoms with Crippen LogP contribution in [0.2, 0.25) is 0 Å². The molecule has 0 heterocycles. The molecule has 0 saturated heterocycles. The summed E-state index contributed by atoms with van der Waals surface area (Å²) in [7, 11) is 1.64. The first-order chi connectivity index (χ1) is 10.3. The quantitative estimate of drug-likeness (QED) is 0.781. The van der Waals surface area contributed by atoms with Gasteiger partial charge in [-0.05, 0) is 40.6 Å². The lowest BCUT2D eigenvalue weighted by atomic mass is 10.1. The van der Waals surface area contributed by atoms with Gasteiger partial charge in [0.05, 0.1) is 7.11 Å². The maximum absolute atomic E-state index is 10.0. The fraction of sp³-hybridized carbons (Fsp3) is 0.111. The Kier molecular flexibility index (Phi) is 3.65. The van der Waals surface area contributed by atoms with Gasteiger partial charge in [-0.3, -0.25) is 0 Å². The van der Waals surface area contributed by atoms with Crippen molar-refractivity contribution in [2.75, 3.05) is 7.11 Å². The van der Waals surface area contributed by atoms with Gasteiger partial charge in [-0.2, -0.15) is 0 Å². The first-order valence-electron chi connectivity index (χ1n) is 6.74. The molecule has 0 amide bonds. The van der Waals surface area contributed by atoms with E-state index >= 15 is 0 Å². The molecule has 3 nitrogen and oxygen atoms in total. The molecular formula is C18H16O3. The van der Waals surface area contributed by atoms with E-state index in [1.165, 1.54) is 0 Å². The fourth-order valence-electron chi connectivity index (χ4n) is 2.21. The van der Waals surface area contributed by atoms with Crippen molar-refractivity contribution in [3.8, 4) is 17.2 Å². The molecule has 0 aliphatic carbocycles. The molecule has 106 valence electrons. The van der Waals surface area contributed by atoms with E-state index in [0.717, 1.165) is 22.1 Å². The van der Waals surface area contributed by atoms with E-state index < -0.39 is 0 Å². The highest BCUT2D eigenvalue weighted by Crippen LogP contribution is 2.31. The highest BCUT2D eigenvalue weighted by Gasteiger charge is 2.05. The molecule has 3 aromatic carbocycles. The molecule has 0 bridgehead atoms. The molecular weight excluding hydrogens is 264 g/mol. The summed E-state index contributed by atoms with van der Waals surface area (Å²) in [5.41, 5.74) is 1.02. The number of benzene rings is 3. The van der Waals surface area contributed by atoms with Crippen molar-refractivity contribution in [3.05, 3.63) is 66.2 Å². The lowest BCUT2D eigenvalue weighted by molar-refractivity contribution is 0.289. The normalized spacial score (nSPS) is 10.5. The molecule has 0 saturated carbocycles. The van der Waals surface area contributed by atoms with Gasteiger partial charge in [0.15, 0.2) is 11.5 Å². The highest BCUT2D eigenvalue weighted by molar-refractivity contribution is 5.85. The van der Waals surface area contributed by atoms with Crippen LogP contribution in [-0.4, -0.2) is 12.2 Å². The summed E-state index contributed by atoms with van der Waals surface area (Å²) in [5, 5.41) is 12.1. The van der Waals surface area contributed by atoms with E-state index in [4.69, 9.17) is 9.47 Å². The van der Waals surface area contributed by atoms with Crippen molar-refractivity contribution < 1.29 is 14.6 Å². The first kappa shape index (κ1) is 13.3. The Morgan fingerprint density at radius 1 is 0.905 bits per heavy atom.